The normalized spacial score (nSPS) is 11.4. The van der Waals surface area contributed by atoms with Gasteiger partial charge in [-0.15, -0.1) is 0 Å². The number of hydrogen-bond donors (Lipinski definition) is 0. The van der Waals surface area contributed by atoms with Gasteiger partial charge in [-0.3, -0.25) is 0 Å². The van der Waals surface area contributed by atoms with Gasteiger partial charge in [0.15, 0.2) is 0 Å². The van der Waals surface area contributed by atoms with Crippen molar-refractivity contribution in [2.45, 2.75) is 27.7 Å². The molecule has 0 aliphatic rings. The van der Waals surface area contributed by atoms with Crippen molar-refractivity contribution in [1.29, 1.82) is 0 Å². The van der Waals surface area contributed by atoms with E-state index in [4.69, 9.17) is 0 Å². The van der Waals surface area contributed by atoms with E-state index in [2.05, 4.69) is 40.4 Å². The molecule has 1 rings (SSSR count). The molecule has 0 aliphatic heterocycles. The minimum atomic E-state index is 0.920. The van der Waals surface area contributed by atoms with Crippen LogP contribution in [0.2, 0.25) is 0 Å². The van der Waals surface area contributed by atoms with Crippen LogP contribution < -0.4 is 5.30 Å². The molecule has 0 saturated carbocycles. The summed E-state index contributed by atoms with van der Waals surface area (Å²) < 4.78 is 0. The fourth-order valence-electron chi connectivity index (χ4n) is 1.59. The van der Waals surface area contributed by atoms with Crippen LogP contribution in [0.4, 0.5) is 0 Å². The predicted octanol–water partition coefficient (Wildman–Crippen LogP) is 2.85. The van der Waals surface area contributed by atoms with Crippen molar-refractivity contribution in [3.8, 4) is 0 Å². The minimum absolute atomic E-state index is 0.920. The molecular weight excluding hydrogens is 163 g/mol. The highest BCUT2D eigenvalue weighted by Crippen LogP contribution is 2.19. The second-order valence-corrected chi connectivity index (χ2v) is 4.39. The molecule has 0 heterocycles. The van der Waals surface area contributed by atoms with Gasteiger partial charge in [0.1, 0.15) is 0 Å². The third-order valence-corrected chi connectivity index (χ3v) is 3.87. The molecule has 0 radical (unpaired) electrons. The largest absolute Gasteiger partial charge is 0.0930 e. The lowest BCUT2D eigenvalue weighted by atomic mass is 10.0. The van der Waals surface area contributed by atoms with Gasteiger partial charge in [-0.1, -0.05) is 14.6 Å². The van der Waals surface area contributed by atoms with Gasteiger partial charge in [0.05, 0.1) is 0 Å². The van der Waals surface area contributed by atoms with Crippen LogP contribution in [0.3, 0.4) is 0 Å². The van der Waals surface area contributed by atoms with E-state index >= 15 is 0 Å². The van der Waals surface area contributed by atoms with Gasteiger partial charge in [-0.2, -0.15) is 0 Å². The molecule has 0 N–H and O–H groups in total. The van der Waals surface area contributed by atoms with Crippen molar-refractivity contribution >= 4 is 13.9 Å². The Morgan fingerprint density at radius 1 is 0.917 bits per heavy atom. The third-order valence-electron chi connectivity index (χ3n) is 2.62. The summed E-state index contributed by atoms with van der Waals surface area (Å²) in [6.07, 6.45) is 0. The fraction of sp³-hybridized carbons (Fsp3) is 0.455. The highest BCUT2D eigenvalue weighted by Gasteiger charge is 2.05. The SMILES string of the molecule is CPc1c(C)c(C)cc(C)c1C. The van der Waals surface area contributed by atoms with Gasteiger partial charge < -0.3 is 0 Å². The molecule has 66 valence electrons. The monoisotopic (exact) mass is 180 g/mol. The zero-order chi connectivity index (χ0) is 9.30. The van der Waals surface area contributed by atoms with Crippen molar-refractivity contribution in [1.82, 2.24) is 0 Å². The molecule has 0 spiro atoms. The molecule has 0 bridgehead atoms. The van der Waals surface area contributed by atoms with Gasteiger partial charge in [-0.05, 0) is 61.9 Å². The summed E-state index contributed by atoms with van der Waals surface area (Å²) in [5.74, 6) is 0. The predicted molar refractivity (Wildman–Crippen MR) is 59.3 cm³/mol. The first-order valence-electron chi connectivity index (χ1n) is 4.33. The van der Waals surface area contributed by atoms with E-state index in [1.54, 1.807) is 5.30 Å². The molecule has 0 nitrogen and oxygen atoms in total. The van der Waals surface area contributed by atoms with Crippen molar-refractivity contribution in [3.05, 3.63) is 28.3 Å². The molecule has 1 atom stereocenters. The van der Waals surface area contributed by atoms with Crippen molar-refractivity contribution in [2.75, 3.05) is 6.66 Å². The second kappa shape index (κ2) is 3.58. The van der Waals surface area contributed by atoms with Crippen LogP contribution in [0.5, 0.6) is 0 Å². The van der Waals surface area contributed by atoms with Gasteiger partial charge in [-0.25, -0.2) is 0 Å². The topological polar surface area (TPSA) is 0 Å². The maximum Gasteiger partial charge on any atom is -0.0211 e. The summed E-state index contributed by atoms with van der Waals surface area (Å²) in [5, 5.41) is 1.56. The van der Waals surface area contributed by atoms with E-state index in [1.165, 1.54) is 22.3 Å². The summed E-state index contributed by atoms with van der Waals surface area (Å²) >= 11 is 0. The lowest BCUT2D eigenvalue weighted by molar-refractivity contribution is 1.27. The van der Waals surface area contributed by atoms with Crippen LogP contribution in [0.15, 0.2) is 6.07 Å². The Balaban J connectivity index is 3.42. The summed E-state index contributed by atoms with van der Waals surface area (Å²) in [7, 11) is 0.920. The molecule has 12 heavy (non-hydrogen) atoms. The van der Waals surface area contributed by atoms with Crippen LogP contribution in [0, 0.1) is 27.7 Å². The van der Waals surface area contributed by atoms with Crippen LogP contribution in [0.1, 0.15) is 22.3 Å². The number of rotatable bonds is 1. The van der Waals surface area contributed by atoms with Crippen molar-refractivity contribution in [3.63, 3.8) is 0 Å². The highest BCUT2D eigenvalue weighted by atomic mass is 31.1. The van der Waals surface area contributed by atoms with E-state index in [0.717, 1.165) is 8.58 Å². The van der Waals surface area contributed by atoms with E-state index in [0.29, 0.717) is 0 Å². The molecule has 0 saturated heterocycles. The Bertz CT molecular complexity index is 274. The van der Waals surface area contributed by atoms with Crippen molar-refractivity contribution in [2.24, 2.45) is 0 Å². The summed E-state index contributed by atoms with van der Waals surface area (Å²) in [6.45, 7) is 11.1. The second-order valence-electron chi connectivity index (χ2n) is 3.39. The Kier molecular flexibility index (Phi) is 2.90. The van der Waals surface area contributed by atoms with E-state index in [1.807, 2.05) is 0 Å². The lowest BCUT2D eigenvalue weighted by Gasteiger charge is -2.13. The first-order chi connectivity index (χ1) is 5.57. The number of benzene rings is 1. The summed E-state index contributed by atoms with van der Waals surface area (Å²) in [6, 6.07) is 2.29. The van der Waals surface area contributed by atoms with Crippen molar-refractivity contribution < 1.29 is 0 Å². The van der Waals surface area contributed by atoms with Gasteiger partial charge in [0.2, 0.25) is 0 Å². The zero-order valence-electron chi connectivity index (χ0n) is 8.58. The standard InChI is InChI=1S/C11H17P/c1-7-6-8(2)10(4)11(12-5)9(7)3/h6,12H,1-5H3. The molecule has 0 fully saturated rings. The van der Waals surface area contributed by atoms with Crippen LogP contribution in [0.25, 0.3) is 0 Å². The number of hydrogen-bond acceptors (Lipinski definition) is 0. The average molecular weight is 180 g/mol. The average Bonchev–Trinajstić information content (AvgIpc) is 2.02. The first-order valence-corrected chi connectivity index (χ1v) is 5.83. The number of aryl methyl sites for hydroxylation is 2. The van der Waals surface area contributed by atoms with Crippen LogP contribution in [-0.2, 0) is 0 Å². The Morgan fingerprint density at radius 2 is 1.33 bits per heavy atom. The molecule has 1 aromatic rings. The molecular formula is C11H17P. The third kappa shape index (κ3) is 1.54. The minimum Gasteiger partial charge on any atom is -0.0930 e. The molecule has 1 aromatic carbocycles. The van der Waals surface area contributed by atoms with E-state index in [9.17, 15) is 0 Å². The molecule has 0 amide bonds. The van der Waals surface area contributed by atoms with Gasteiger partial charge in [0.25, 0.3) is 0 Å². The van der Waals surface area contributed by atoms with Gasteiger partial charge in [0, 0.05) is 0 Å². The fourth-order valence-corrected chi connectivity index (χ4v) is 2.74. The van der Waals surface area contributed by atoms with E-state index < -0.39 is 0 Å². The Morgan fingerprint density at radius 3 is 1.67 bits per heavy atom. The zero-order valence-corrected chi connectivity index (χ0v) is 9.58. The summed E-state index contributed by atoms with van der Waals surface area (Å²) in [5.41, 5.74) is 5.84. The Labute approximate surface area is 77.2 Å². The Hall–Kier alpha value is -0.350. The lowest BCUT2D eigenvalue weighted by Crippen LogP contribution is -2.08. The van der Waals surface area contributed by atoms with Crippen LogP contribution in [-0.4, -0.2) is 6.66 Å². The molecule has 1 unspecified atom stereocenters. The maximum absolute atomic E-state index is 2.29. The first kappa shape index (κ1) is 9.74. The molecule has 0 aliphatic carbocycles. The smallest absolute Gasteiger partial charge is 0.0211 e. The molecule has 1 heteroatoms. The van der Waals surface area contributed by atoms with Crippen LogP contribution >= 0.6 is 8.58 Å². The summed E-state index contributed by atoms with van der Waals surface area (Å²) in [4.78, 5) is 0. The van der Waals surface area contributed by atoms with Gasteiger partial charge >= 0.3 is 0 Å². The maximum atomic E-state index is 2.29. The quantitative estimate of drug-likeness (QED) is 0.583. The molecule has 0 aromatic heterocycles. The van der Waals surface area contributed by atoms with E-state index in [-0.39, 0.29) is 0 Å². The highest BCUT2D eigenvalue weighted by molar-refractivity contribution is 7.46.